The fourth-order valence-corrected chi connectivity index (χ4v) is 2.57. The molecule has 1 aromatic rings. The zero-order chi connectivity index (χ0) is 10.1. The molecule has 1 amide bonds. The number of halogens is 1. The molecule has 0 spiro atoms. The summed E-state index contributed by atoms with van der Waals surface area (Å²) in [5.74, 6) is 0.977. The minimum atomic E-state index is 0.144. The number of carbonyl (C=O) groups excluding carboxylic acids is 1. The Bertz CT molecular complexity index is 352. The van der Waals surface area contributed by atoms with Crippen LogP contribution in [0.3, 0.4) is 0 Å². The molecule has 0 bridgehead atoms. The van der Waals surface area contributed by atoms with Gasteiger partial charge >= 0.3 is 0 Å². The lowest BCUT2D eigenvalue weighted by atomic mass is 10.2. The first-order valence-electron chi connectivity index (χ1n) is 4.49. The van der Waals surface area contributed by atoms with Crippen molar-refractivity contribution in [1.29, 1.82) is 0 Å². The van der Waals surface area contributed by atoms with Gasteiger partial charge in [0.1, 0.15) is 0 Å². The Hall–Kier alpha value is -0.610. The highest BCUT2D eigenvalue weighted by atomic mass is 35.5. The Labute approximate surface area is 91.7 Å². The monoisotopic (exact) mass is 230 g/mol. The fraction of sp³-hybridized carbons (Fsp3) is 0.556. The molecule has 1 saturated heterocycles. The van der Waals surface area contributed by atoms with Gasteiger partial charge in [0.15, 0.2) is 5.13 Å². The largest absolute Gasteiger partial charge is 0.288 e. The van der Waals surface area contributed by atoms with Crippen LogP contribution >= 0.6 is 22.9 Å². The molecular formula is C9H11ClN2OS. The standard InChI is InChI=1S/C9H11ClN2OS/c1-6-5-14-9(11-6)12-4-7(3-10)2-8(12)13/h5,7H,2-4H2,1H3. The van der Waals surface area contributed by atoms with Crippen LogP contribution in [0.4, 0.5) is 5.13 Å². The number of carbonyl (C=O) groups is 1. The Morgan fingerprint density at radius 2 is 2.57 bits per heavy atom. The third-order valence-electron chi connectivity index (χ3n) is 2.26. The van der Waals surface area contributed by atoms with Crippen LogP contribution in [0.5, 0.6) is 0 Å². The predicted molar refractivity (Wildman–Crippen MR) is 58.0 cm³/mol. The van der Waals surface area contributed by atoms with Crippen molar-refractivity contribution < 1.29 is 4.79 Å². The van der Waals surface area contributed by atoms with E-state index in [0.717, 1.165) is 17.4 Å². The van der Waals surface area contributed by atoms with E-state index >= 15 is 0 Å². The molecule has 1 aliphatic rings. The van der Waals surface area contributed by atoms with E-state index in [1.54, 1.807) is 4.90 Å². The molecule has 0 saturated carbocycles. The summed E-state index contributed by atoms with van der Waals surface area (Å²) in [5.41, 5.74) is 0.965. The van der Waals surface area contributed by atoms with Crippen molar-refractivity contribution in [1.82, 2.24) is 4.98 Å². The van der Waals surface area contributed by atoms with Crippen LogP contribution in [0.1, 0.15) is 12.1 Å². The molecule has 14 heavy (non-hydrogen) atoms. The van der Waals surface area contributed by atoms with Gasteiger partial charge < -0.3 is 0 Å². The number of anilines is 1. The second-order valence-corrected chi connectivity index (χ2v) is 4.65. The Morgan fingerprint density at radius 1 is 1.79 bits per heavy atom. The number of aryl methyl sites for hydroxylation is 1. The van der Waals surface area contributed by atoms with Crippen LogP contribution in [0.2, 0.25) is 0 Å². The molecule has 0 aliphatic carbocycles. The lowest BCUT2D eigenvalue weighted by molar-refractivity contribution is -0.117. The maximum absolute atomic E-state index is 11.6. The lowest BCUT2D eigenvalue weighted by Crippen LogP contribution is -2.24. The number of alkyl halides is 1. The van der Waals surface area contributed by atoms with Gasteiger partial charge in [0.05, 0.1) is 5.69 Å². The highest BCUT2D eigenvalue weighted by Crippen LogP contribution is 2.28. The predicted octanol–water partition coefficient (Wildman–Crippen LogP) is 2.04. The van der Waals surface area contributed by atoms with E-state index in [1.165, 1.54) is 11.3 Å². The zero-order valence-corrected chi connectivity index (χ0v) is 9.44. The van der Waals surface area contributed by atoms with E-state index in [9.17, 15) is 4.79 Å². The molecule has 0 N–H and O–H groups in total. The molecule has 1 aliphatic heterocycles. The highest BCUT2D eigenvalue weighted by molar-refractivity contribution is 7.14. The van der Waals surface area contributed by atoms with E-state index in [2.05, 4.69) is 4.98 Å². The second kappa shape index (κ2) is 3.87. The van der Waals surface area contributed by atoms with Gasteiger partial charge in [-0.25, -0.2) is 4.98 Å². The van der Waals surface area contributed by atoms with Crippen LogP contribution in [0.25, 0.3) is 0 Å². The van der Waals surface area contributed by atoms with E-state index < -0.39 is 0 Å². The lowest BCUT2D eigenvalue weighted by Gasteiger charge is -2.11. The highest BCUT2D eigenvalue weighted by Gasteiger charge is 2.31. The minimum absolute atomic E-state index is 0.144. The van der Waals surface area contributed by atoms with Gasteiger partial charge in [-0.05, 0) is 12.8 Å². The first kappa shape index (κ1) is 9.93. The van der Waals surface area contributed by atoms with Crippen LogP contribution < -0.4 is 4.90 Å². The molecule has 1 fully saturated rings. The molecule has 0 aromatic carbocycles. The van der Waals surface area contributed by atoms with E-state index in [0.29, 0.717) is 12.3 Å². The van der Waals surface area contributed by atoms with Crippen LogP contribution in [-0.2, 0) is 4.79 Å². The Kier molecular flexibility index (Phi) is 2.74. The van der Waals surface area contributed by atoms with Crippen LogP contribution in [0.15, 0.2) is 5.38 Å². The molecule has 2 heterocycles. The summed E-state index contributed by atoms with van der Waals surface area (Å²) in [6.45, 7) is 2.65. The quantitative estimate of drug-likeness (QED) is 0.729. The van der Waals surface area contributed by atoms with Gasteiger partial charge in [-0.1, -0.05) is 0 Å². The molecule has 1 aromatic heterocycles. The van der Waals surface area contributed by atoms with Crippen molar-refractivity contribution in [2.45, 2.75) is 13.3 Å². The van der Waals surface area contributed by atoms with Crippen molar-refractivity contribution in [2.24, 2.45) is 5.92 Å². The van der Waals surface area contributed by atoms with Crippen molar-refractivity contribution in [3.05, 3.63) is 11.1 Å². The van der Waals surface area contributed by atoms with Crippen molar-refractivity contribution in [3.8, 4) is 0 Å². The zero-order valence-electron chi connectivity index (χ0n) is 7.86. The van der Waals surface area contributed by atoms with Crippen molar-refractivity contribution >= 4 is 34.0 Å². The molecule has 2 rings (SSSR count). The average molecular weight is 231 g/mol. The van der Waals surface area contributed by atoms with Crippen molar-refractivity contribution in [3.63, 3.8) is 0 Å². The van der Waals surface area contributed by atoms with Gasteiger partial charge in [0.2, 0.25) is 5.91 Å². The third kappa shape index (κ3) is 1.77. The number of aromatic nitrogens is 1. The molecule has 1 unspecified atom stereocenters. The number of thiazole rings is 1. The summed E-state index contributed by atoms with van der Waals surface area (Å²) >= 11 is 7.25. The first-order chi connectivity index (χ1) is 6.70. The summed E-state index contributed by atoms with van der Waals surface area (Å²) < 4.78 is 0. The fourth-order valence-electron chi connectivity index (χ4n) is 1.54. The molecular weight excluding hydrogens is 220 g/mol. The van der Waals surface area contributed by atoms with Gasteiger partial charge in [-0.3, -0.25) is 9.69 Å². The molecule has 1 atom stereocenters. The van der Waals surface area contributed by atoms with E-state index in [-0.39, 0.29) is 11.8 Å². The number of rotatable bonds is 2. The summed E-state index contributed by atoms with van der Waals surface area (Å²) in [7, 11) is 0. The van der Waals surface area contributed by atoms with E-state index in [1.807, 2.05) is 12.3 Å². The van der Waals surface area contributed by atoms with Crippen LogP contribution in [0, 0.1) is 12.8 Å². The topological polar surface area (TPSA) is 33.2 Å². The maximum atomic E-state index is 11.6. The Morgan fingerprint density at radius 3 is 3.07 bits per heavy atom. The molecule has 76 valence electrons. The third-order valence-corrected chi connectivity index (χ3v) is 3.68. The molecule has 3 nitrogen and oxygen atoms in total. The normalized spacial score (nSPS) is 22.0. The van der Waals surface area contributed by atoms with Gasteiger partial charge in [-0.15, -0.1) is 22.9 Å². The van der Waals surface area contributed by atoms with E-state index in [4.69, 9.17) is 11.6 Å². The van der Waals surface area contributed by atoms with Gasteiger partial charge in [0, 0.05) is 24.2 Å². The smallest absolute Gasteiger partial charge is 0.229 e. The second-order valence-electron chi connectivity index (χ2n) is 3.50. The minimum Gasteiger partial charge on any atom is -0.288 e. The van der Waals surface area contributed by atoms with Gasteiger partial charge in [-0.2, -0.15) is 0 Å². The molecule has 0 radical (unpaired) electrons. The summed E-state index contributed by atoms with van der Waals surface area (Å²) in [5, 5.41) is 2.76. The SMILES string of the molecule is Cc1csc(N2CC(CCl)CC2=O)n1. The number of hydrogen-bond acceptors (Lipinski definition) is 3. The van der Waals surface area contributed by atoms with Gasteiger partial charge in [0.25, 0.3) is 0 Å². The summed E-state index contributed by atoms with van der Waals surface area (Å²) in [4.78, 5) is 17.6. The summed E-state index contributed by atoms with van der Waals surface area (Å²) in [6.07, 6.45) is 0.558. The van der Waals surface area contributed by atoms with Crippen molar-refractivity contribution in [2.75, 3.05) is 17.3 Å². The first-order valence-corrected chi connectivity index (χ1v) is 5.90. The average Bonchev–Trinajstić information content (AvgIpc) is 2.71. The van der Waals surface area contributed by atoms with Crippen LogP contribution in [-0.4, -0.2) is 23.3 Å². The Balaban J connectivity index is 2.16. The maximum Gasteiger partial charge on any atom is 0.229 e. The molecule has 5 heteroatoms. The number of amides is 1. The summed E-state index contributed by atoms with van der Waals surface area (Å²) in [6, 6.07) is 0. The number of hydrogen-bond donors (Lipinski definition) is 0. The number of nitrogens with zero attached hydrogens (tertiary/aromatic N) is 2.